The van der Waals surface area contributed by atoms with Gasteiger partial charge >= 0.3 is 0 Å². The van der Waals surface area contributed by atoms with Crippen LogP contribution in [0.1, 0.15) is 5.69 Å². The van der Waals surface area contributed by atoms with Crippen molar-refractivity contribution in [3.05, 3.63) is 36.2 Å². The zero-order valence-corrected chi connectivity index (χ0v) is 8.64. The summed E-state index contributed by atoms with van der Waals surface area (Å²) in [6, 6.07) is 6.59. The van der Waals surface area contributed by atoms with Crippen LogP contribution in [0.15, 0.2) is 30.5 Å². The third-order valence-corrected chi connectivity index (χ3v) is 2.25. The fourth-order valence-corrected chi connectivity index (χ4v) is 1.22. The summed E-state index contributed by atoms with van der Waals surface area (Å²) in [5.41, 5.74) is 0.961. The van der Waals surface area contributed by atoms with E-state index in [1.807, 2.05) is 14.0 Å². The highest BCUT2D eigenvalue weighted by atomic mass is 16.5. The minimum Gasteiger partial charge on any atom is -0.508 e. The summed E-state index contributed by atoms with van der Waals surface area (Å²) in [6.07, 6.45) is 1.67. The lowest BCUT2D eigenvalue weighted by Gasteiger charge is -2.04. The molecular formula is C11H12N2O2. The van der Waals surface area contributed by atoms with E-state index in [1.165, 1.54) is 0 Å². The number of hydrogen-bond acceptors (Lipinski definition) is 3. The SMILES string of the molecule is Cc1c(Oc2ccc(O)cc2)cnn1C. The van der Waals surface area contributed by atoms with Crippen molar-refractivity contribution in [3.8, 4) is 17.2 Å². The van der Waals surface area contributed by atoms with E-state index in [-0.39, 0.29) is 5.75 Å². The molecule has 15 heavy (non-hydrogen) atoms. The molecule has 0 spiro atoms. The Balaban J connectivity index is 2.22. The van der Waals surface area contributed by atoms with Crippen molar-refractivity contribution in [1.29, 1.82) is 0 Å². The van der Waals surface area contributed by atoms with Gasteiger partial charge in [-0.15, -0.1) is 0 Å². The zero-order valence-electron chi connectivity index (χ0n) is 8.64. The number of rotatable bonds is 2. The Kier molecular flexibility index (Phi) is 2.33. The number of aryl methyl sites for hydroxylation is 1. The van der Waals surface area contributed by atoms with E-state index in [4.69, 9.17) is 9.84 Å². The lowest BCUT2D eigenvalue weighted by Crippen LogP contribution is -1.92. The second kappa shape index (κ2) is 3.65. The molecule has 0 atom stereocenters. The largest absolute Gasteiger partial charge is 0.508 e. The van der Waals surface area contributed by atoms with E-state index in [0.717, 1.165) is 11.4 Å². The first-order valence-corrected chi connectivity index (χ1v) is 4.62. The molecule has 0 aliphatic carbocycles. The number of aromatic hydroxyl groups is 1. The number of aromatic nitrogens is 2. The fraction of sp³-hybridized carbons (Fsp3) is 0.182. The summed E-state index contributed by atoms with van der Waals surface area (Å²) in [5.74, 6) is 1.64. The minimum atomic E-state index is 0.227. The molecule has 1 aromatic heterocycles. The summed E-state index contributed by atoms with van der Waals surface area (Å²) in [5, 5.41) is 13.2. The van der Waals surface area contributed by atoms with Crippen molar-refractivity contribution in [2.24, 2.45) is 7.05 Å². The van der Waals surface area contributed by atoms with E-state index in [0.29, 0.717) is 5.75 Å². The molecule has 1 N–H and O–H groups in total. The van der Waals surface area contributed by atoms with Crippen molar-refractivity contribution in [2.45, 2.75) is 6.92 Å². The highest BCUT2D eigenvalue weighted by molar-refractivity contribution is 5.35. The predicted molar refractivity (Wildman–Crippen MR) is 56.1 cm³/mol. The molecule has 2 aromatic rings. The minimum absolute atomic E-state index is 0.227. The predicted octanol–water partition coefficient (Wildman–Crippen LogP) is 2.23. The first-order chi connectivity index (χ1) is 7.16. The molecule has 4 heteroatoms. The van der Waals surface area contributed by atoms with Crippen LogP contribution in [-0.4, -0.2) is 14.9 Å². The van der Waals surface area contributed by atoms with Gasteiger partial charge in [-0.2, -0.15) is 5.10 Å². The monoisotopic (exact) mass is 204 g/mol. The summed E-state index contributed by atoms with van der Waals surface area (Å²) in [4.78, 5) is 0. The van der Waals surface area contributed by atoms with Crippen LogP contribution in [0.25, 0.3) is 0 Å². The summed E-state index contributed by atoms with van der Waals surface area (Å²) >= 11 is 0. The van der Waals surface area contributed by atoms with Gasteiger partial charge in [0.05, 0.1) is 11.9 Å². The van der Waals surface area contributed by atoms with E-state index in [2.05, 4.69) is 5.10 Å². The number of hydrogen-bond donors (Lipinski definition) is 1. The Morgan fingerprint density at radius 1 is 1.27 bits per heavy atom. The first kappa shape index (κ1) is 9.58. The van der Waals surface area contributed by atoms with Crippen molar-refractivity contribution < 1.29 is 9.84 Å². The molecule has 0 amide bonds. The molecule has 0 aliphatic rings. The smallest absolute Gasteiger partial charge is 0.168 e. The van der Waals surface area contributed by atoms with Crippen LogP contribution >= 0.6 is 0 Å². The van der Waals surface area contributed by atoms with Gasteiger partial charge in [0, 0.05) is 7.05 Å². The molecule has 0 saturated carbocycles. The fourth-order valence-electron chi connectivity index (χ4n) is 1.22. The average molecular weight is 204 g/mol. The zero-order chi connectivity index (χ0) is 10.8. The van der Waals surface area contributed by atoms with Crippen LogP contribution in [0, 0.1) is 6.92 Å². The van der Waals surface area contributed by atoms with E-state index >= 15 is 0 Å². The van der Waals surface area contributed by atoms with Gasteiger partial charge in [0.2, 0.25) is 0 Å². The van der Waals surface area contributed by atoms with Crippen LogP contribution in [0.5, 0.6) is 17.2 Å². The third kappa shape index (κ3) is 1.93. The van der Waals surface area contributed by atoms with Crippen LogP contribution < -0.4 is 4.74 Å². The van der Waals surface area contributed by atoms with Crippen molar-refractivity contribution >= 4 is 0 Å². The summed E-state index contributed by atoms with van der Waals surface area (Å²) in [7, 11) is 1.86. The molecule has 1 heterocycles. The second-order valence-corrected chi connectivity index (χ2v) is 3.31. The maximum absolute atomic E-state index is 9.11. The lowest BCUT2D eigenvalue weighted by atomic mass is 10.3. The van der Waals surface area contributed by atoms with Gasteiger partial charge in [-0.3, -0.25) is 4.68 Å². The number of phenolic OH excluding ortho intramolecular Hbond substituents is 1. The average Bonchev–Trinajstić information content (AvgIpc) is 2.53. The highest BCUT2D eigenvalue weighted by Gasteiger charge is 2.05. The highest BCUT2D eigenvalue weighted by Crippen LogP contribution is 2.25. The van der Waals surface area contributed by atoms with Gasteiger partial charge in [0.1, 0.15) is 11.5 Å². The Morgan fingerprint density at radius 3 is 2.47 bits per heavy atom. The molecule has 0 bridgehead atoms. The Bertz CT molecular complexity index is 460. The third-order valence-electron chi connectivity index (χ3n) is 2.25. The van der Waals surface area contributed by atoms with Gasteiger partial charge in [0.25, 0.3) is 0 Å². The Labute approximate surface area is 87.7 Å². The topological polar surface area (TPSA) is 47.3 Å². The number of phenols is 1. The van der Waals surface area contributed by atoms with Crippen LogP contribution in [0.2, 0.25) is 0 Å². The quantitative estimate of drug-likeness (QED) is 0.815. The molecule has 4 nitrogen and oxygen atoms in total. The van der Waals surface area contributed by atoms with Crippen molar-refractivity contribution in [3.63, 3.8) is 0 Å². The molecule has 2 rings (SSSR count). The van der Waals surface area contributed by atoms with Gasteiger partial charge < -0.3 is 9.84 Å². The van der Waals surface area contributed by atoms with E-state index in [9.17, 15) is 0 Å². The Morgan fingerprint density at radius 2 is 1.93 bits per heavy atom. The number of ether oxygens (including phenoxy) is 1. The van der Waals surface area contributed by atoms with Crippen LogP contribution in [-0.2, 0) is 7.05 Å². The molecule has 78 valence electrons. The van der Waals surface area contributed by atoms with Gasteiger partial charge in [-0.05, 0) is 31.2 Å². The molecule has 0 aliphatic heterocycles. The standard InChI is InChI=1S/C11H12N2O2/c1-8-11(7-12-13(8)2)15-10-5-3-9(14)4-6-10/h3-7,14H,1-2H3. The van der Waals surface area contributed by atoms with E-state index < -0.39 is 0 Å². The summed E-state index contributed by atoms with van der Waals surface area (Å²) in [6.45, 7) is 1.93. The summed E-state index contributed by atoms with van der Waals surface area (Å²) < 4.78 is 7.34. The first-order valence-electron chi connectivity index (χ1n) is 4.62. The number of benzene rings is 1. The maximum atomic E-state index is 9.11. The second-order valence-electron chi connectivity index (χ2n) is 3.31. The van der Waals surface area contributed by atoms with Crippen LogP contribution in [0.4, 0.5) is 0 Å². The number of nitrogens with zero attached hydrogens (tertiary/aromatic N) is 2. The molecule has 0 saturated heterocycles. The molecule has 0 fully saturated rings. The van der Waals surface area contributed by atoms with Gasteiger partial charge in [-0.1, -0.05) is 0 Å². The van der Waals surface area contributed by atoms with Crippen molar-refractivity contribution in [1.82, 2.24) is 9.78 Å². The maximum Gasteiger partial charge on any atom is 0.168 e. The lowest BCUT2D eigenvalue weighted by molar-refractivity contribution is 0.462. The van der Waals surface area contributed by atoms with E-state index in [1.54, 1.807) is 35.1 Å². The Hall–Kier alpha value is -1.97. The molecule has 0 unspecified atom stereocenters. The van der Waals surface area contributed by atoms with Gasteiger partial charge in [0.15, 0.2) is 5.75 Å². The molecule has 0 radical (unpaired) electrons. The molecular weight excluding hydrogens is 192 g/mol. The van der Waals surface area contributed by atoms with Gasteiger partial charge in [-0.25, -0.2) is 0 Å². The van der Waals surface area contributed by atoms with Crippen LogP contribution in [0.3, 0.4) is 0 Å². The normalized spacial score (nSPS) is 10.3. The molecule has 1 aromatic carbocycles. The van der Waals surface area contributed by atoms with Crippen molar-refractivity contribution in [2.75, 3.05) is 0 Å².